The van der Waals surface area contributed by atoms with Crippen molar-refractivity contribution in [3.05, 3.63) is 29.8 Å². The van der Waals surface area contributed by atoms with E-state index < -0.39 is 19.8 Å². The molecule has 0 bridgehead atoms. The van der Waals surface area contributed by atoms with Crippen LogP contribution in [0.15, 0.2) is 29.2 Å². The summed E-state index contributed by atoms with van der Waals surface area (Å²) in [5.74, 6) is -0.259. The first kappa shape index (κ1) is 14.1. The average Bonchev–Trinajstić information content (AvgIpc) is 2.14. The van der Waals surface area contributed by atoms with Crippen LogP contribution in [0.2, 0.25) is 0 Å². The van der Waals surface area contributed by atoms with Crippen LogP contribution in [0.4, 0.5) is 0 Å². The first-order chi connectivity index (χ1) is 7.59. The number of ketones is 1. The van der Waals surface area contributed by atoms with E-state index in [4.69, 9.17) is 0 Å². The minimum Gasteiger partial charge on any atom is -0.289 e. The van der Waals surface area contributed by atoms with Gasteiger partial charge in [-0.25, -0.2) is 8.42 Å². The van der Waals surface area contributed by atoms with Crippen LogP contribution in [0.5, 0.6) is 0 Å². The fourth-order valence-electron chi connectivity index (χ4n) is 1.29. The molecule has 0 spiro atoms. The second kappa shape index (κ2) is 4.70. The molecule has 0 radical (unpaired) electrons. The second-order valence-electron chi connectivity index (χ2n) is 4.30. The summed E-state index contributed by atoms with van der Waals surface area (Å²) in [5.41, 5.74) is 0.383. The highest BCUT2D eigenvalue weighted by atomic mass is 32.2. The molecule has 6 heteroatoms. The molecule has 0 N–H and O–H groups in total. The number of benzene rings is 1. The third kappa shape index (κ3) is 4.40. The number of carbonyl (C=O) groups excluding carboxylic acids is 1. The molecule has 94 valence electrons. The molecule has 0 saturated carbocycles. The quantitative estimate of drug-likeness (QED) is 0.608. The van der Waals surface area contributed by atoms with Crippen LogP contribution in [0, 0.1) is 0 Å². The monoisotopic (exact) mass is 275 g/mol. The maximum atomic E-state index is 11.7. The predicted molar refractivity (Wildman–Crippen MR) is 68.6 cm³/mol. The van der Waals surface area contributed by atoms with Gasteiger partial charge in [0, 0.05) is 11.8 Å². The predicted octanol–water partition coefficient (Wildman–Crippen LogP) is 1.03. The maximum Gasteiger partial charge on any atom is 0.211 e. The van der Waals surface area contributed by atoms with Crippen LogP contribution < -0.4 is 0 Å². The smallest absolute Gasteiger partial charge is 0.211 e. The Hall–Kier alpha value is -1.01. The summed E-state index contributed by atoms with van der Waals surface area (Å²) in [6.45, 7) is 0. The van der Waals surface area contributed by atoms with Gasteiger partial charge in [-0.2, -0.15) is 0 Å². The number of rotatable bonds is 4. The van der Waals surface area contributed by atoms with Gasteiger partial charge in [-0.05, 0) is 24.3 Å². The summed E-state index contributed by atoms with van der Waals surface area (Å²) in [7, 11) is -5.38. The summed E-state index contributed by atoms with van der Waals surface area (Å²) in [4.78, 5) is 11.9. The SMILES string of the molecule is CS(=O)(=O)c1ccc(C(=O)C[S+](C)(C)=O)cc1. The highest BCUT2D eigenvalue weighted by molar-refractivity contribution is 8.02. The van der Waals surface area contributed by atoms with Crippen LogP contribution in [-0.2, 0) is 24.0 Å². The van der Waals surface area contributed by atoms with Crippen molar-refractivity contribution in [3.63, 3.8) is 0 Å². The Kier molecular flexibility index (Phi) is 3.88. The van der Waals surface area contributed by atoms with Crippen molar-refractivity contribution >= 4 is 25.6 Å². The molecule has 0 aliphatic rings. The summed E-state index contributed by atoms with van der Waals surface area (Å²) in [5, 5.41) is 0. The van der Waals surface area contributed by atoms with Gasteiger partial charge in [-0.3, -0.25) is 4.79 Å². The van der Waals surface area contributed by atoms with Crippen molar-refractivity contribution in [2.75, 3.05) is 24.5 Å². The van der Waals surface area contributed by atoms with E-state index >= 15 is 0 Å². The van der Waals surface area contributed by atoms with Gasteiger partial charge in [0.2, 0.25) is 5.78 Å². The molecular formula is C11H15O4S2+. The van der Waals surface area contributed by atoms with Crippen LogP contribution in [0.25, 0.3) is 0 Å². The second-order valence-corrected chi connectivity index (χ2v) is 9.48. The topological polar surface area (TPSA) is 68.3 Å². The normalized spacial score (nSPS) is 12.4. The molecule has 1 rings (SSSR count). The number of sulfone groups is 1. The summed E-state index contributed by atoms with van der Waals surface area (Å²) >= 11 is 0. The molecule has 0 heterocycles. The Balaban J connectivity index is 2.97. The van der Waals surface area contributed by atoms with Crippen LogP contribution in [-0.4, -0.2) is 38.7 Å². The maximum absolute atomic E-state index is 11.7. The number of carbonyl (C=O) groups is 1. The number of hydrogen-bond acceptors (Lipinski definition) is 4. The molecule has 0 aliphatic heterocycles. The van der Waals surface area contributed by atoms with Gasteiger partial charge < -0.3 is 0 Å². The van der Waals surface area contributed by atoms with E-state index in [1.165, 1.54) is 36.8 Å². The molecule has 0 unspecified atom stereocenters. The van der Waals surface area contributed by atoms with Crippen molar-refractivity contribution in [3.8, 4) is 0 Å². The van der Waals surface area contributed by atoms with E-state index in [1.54, 1.807) is 0 Å². The largest absolute Gasteiger partial charge is 0.289 e. The Bertz CT molecular complexity index is 564. The van der Waals surface area contributed by atoms with E-state index in [1.807, 2.05) is 0 Å². The third-order valence-electron chi connectivity index (χ3n) is 2.08. The Morgan fingerprint density at radius 3 is 2.00 bits per heavy atom. The zero-order valence-electron chi connectivity index (χ0n) is 9.97. The molecule has 17 heavy (non-hydrogen) atoms. The summed E-state index contributed by atoms with van der Waals surface area (Å²) in [6.07, 6.45) is 4.15. The van der Waals surface area contributed by atoms with Crippen molar-refractivity contribution in [2.45, 2.75) is 4.90 Å². The molecule has 1 aromatic carbocycles. The highest BCUT2D eigenvalue weighted by Crippen LogP contribution is 2.12. The highest BCUT2D eigenvalue weighted by Gasteiger charge is 2.20. The fraction of sp³-hybridized carbons (Fsp3) is 0.364. The van der Waals surface area contributed by atoms with Crippen LogP contribution in [0.1, 0.15) is 10.4 Å². The lowest BCUT2D eigenvalue weighted by Crippen LogP contribution is -2.19. The molecule has 0 saturated heterocycles. The average molecular weight is 275 g/mol. The van der Waals surface area contributed by atoms with Crippen molar-refractivity contribution in [1.82, 2.24) is 0 Å². The van der Waals surface area contributed by atoms with Crippen molar-refractivity contribution in [1.29, 1.82) is 0 Å². The first-order valence-corrected chi connectivity index (χ1v) is 9.28. The fourth-order valence-corrected chi connectivity index (χ4v) is 2.72. The molecule has 0 fully saturated rings. The standard InChI is InChI=1S/C11H15O4S2/c1-16(2,13)8-11(12)9-4-6-10(7-5-9)17(3,14)15/h4-7H,8H2,1-3H3/q+1. The third-order valence-corrected chi connectivity index (χ3v) is 4.17. The Morgan fingerprint density at radius 2 is 1.65 bits per heavy atom. The molecule has 0 aromatic heterocycles. The van der Waals surface area contributed by atoms with Gasteiger partial charge >= 0.3 is 0 Å². The Labute approximate surface area is 102 Å². The van der Waals surface area contributed by atoms with Gasteiger partial charge in [-0.1, -0.05) is 0 Å². The molecule has 0 aliphatic carbocycles. The van der Waals surface area contributed by atoms with E-state index in [9.17, 15) is 17.4 Å². The van der Waals surface area contributed by atoms with Crippen LogP contribution >= 0.6 is 0 Å². The first-order valence-electron chi connectivity index (χ1n) is 4.85. The summed E-state index contributed by atoms with van der Waals surface area (Å²) in [6, 6.07) is 5.67. The Morgan fingerprint density at radius 1 is 1.18 bits per heavy atom. The van der Waals surface area contributed by atoms with Crippen molar-refractivity contribution < 1.29 is 17.4 Å². The van der Waals surface area contributed by atoms with E-state index in [-0.39, 0.29) is 16.4 Å². The van der Waals surface area contributed by atoms with Gasteiger partial charge in [0.1, 0.15) is 12.5 Å². The summed E-state index contributed by atoms with van der Waals surface area (Å²) < 4.78 is 33.9. The van der Waals surface area contributed by atoms with Crippen molar-refractivity contribution in [2.24, 2.45) is 0 Å². The molecule has 1 aromatic rings. The lowest BCUT2D eigenvalue weighted by molar-refractivity contribution is 0.102. The van der Waals surface area contributed by atoms with Gasteiger partial charge in [0.25, 0.3) is 0 Å². The zero-order chi connectivity index (χ0) is 13.3. The lowest BCUT2D eigenvalue weighted by Gasteiger charge is -2.02. The van der Waals surface area contributed by atoms with Gasteiger partial charge in [0.05, 0.1) is 14.8 Å². The van der Waals surface area contributed by atoms with Crippen LogP contribution in [0.3, 0.4) is 0 Å². The minimum atomic E-state index is -3.25. The van der Waals surface area contributed by atoms with E-state index in [0.717, 1.165) is 6.26 Å². The molecular weight excluding hydrogens is 260 g/mol. The van der Waals surface area contributed by atoms with E-state index in [2.05, 4.69) is 0 Å². The minimum absolute atomic E-state index is 0.0226. The lowest BCUT2D eigenvalue weighted by atomic mass is 10.1. The van der Waals surface area contributed by atoms with Gasteiger partial charge in [-0.15, -0.1) is 4.21 Å². The zero-order valence-corrected chi connectivity index (χ0v) is 11.6. The van der Waals surface area contributed by atoms with E-state index in [0.29, 0.717) is 5.56 Å². The molecule has 4 nitrogen and oxygen atoms in total. The number of Topliss-reactive ketones (excluding diaryl/α,β-unsaturated/α-hetero) is 1. The van der Waals surface area contributed by atoms with Gasteiger partial charge in [0.15, 0.2) is 15.6 Å². The number of hydrogen-bond donors (Lipinski definition) is 0. The molecule has 0 amide bonds. The molecule has 0 atom stereocenters.